The van der Waals surface area contributed by atoms with Gasteiger partial charge in [0.2, 0.25) is 0 Å². The highest BCUT2D eigenvalue weighted by molar-refractivity contribution is 5.85. The van der Waals surface area contributed by atoms with Crippen LogP contribution in [-0.2, 0) is 0 Å². The lowest BCUT2D eigenvalue weighted by Crippen LogP contribution is -2.11. The zero-order chi connectivity index (χ0) is 11.5. The van der Waals surface area contributed by atoms with E-state index in [0.29, 0.717) is 0 Å². The third-order valence-corrected chi connectivity index (χ3v) is 2.82. The quantitative estimate of drug-likeness (QED) is 0.882. The van der Waals surface area contributed by atoms with Crippen molar-refractivity contribution in [2.75, 3.05) is 0 Å². The molecule has 17 heavy (non-hydrogen) atoms. The van der Waals surface area contributed by atoms with Gasteiger partial charge in [-0.15, -0.1) is 12.4 Å². The Morgan fingerprint density at radius 2 is 1.82 bits per heavy atom. The fourth-order valence-corrected chi connectivity index (χ4v) is 1.75. The van der Waals surface area contributed by atoms with Crippen LogP contribution in [0, 0.1) is 5.92 Å². The highest BCUT2D eigenvalue weighted by Gasteiger charge is 2.24. The molecule has 1 aromatic carbocycles. The fourth-order valence-electron chi connectivity index (χ4n) is 1.75. The van der Waals surface area contributed by atoms with E-state index < -0.39 is 6.61 Å². The highest BCUT2D eigenvalue weighted by Crippen LogP contribution is 2.36. The van der Waals surface area contributed by atoms with Crippen LogP contribution in [0.5, 0.6) is 5.75 Å². The molecule has 0 bridgehead atoms. The number of rotatable bonds is 5. The minimum Gasteiger partial charge on any atom is -0.435 e. The average Bonchev–Trinajstić information content (AvgIpc) is 3.01. The molecule has 1 fully saturated rings. The Balaban J connectivity index is 0.00000144. The summed E-state index contributed by atoms with van der Waals surface area (Å²) in [6, 6.07) is 6.59. The van der Waals surface area contributed by atoms with E-state index in [0.717, 1.165) is 17.9 Å². The van der Waals surface area contributed by atoms with Gasteiger partial charge in [-0.1, -0.05) is 25.0 Å². The Bertz CT molecular complexity index is 341. The van der Waals surface area contributed by atoms with Gasteiger partial charge in [0.15, 0.2) is 0 Å². The first-order valence-corrected chi connectivity index (χ1v) is 5.45. The molecule has 0 unspecified atom stereocenters. The molecule has 2 rings (SSSR count). The summed E-state index contributed by atoms with van der Waals surface area (Å²) in [5, 5.41) is 0. The van der Waals surface area contributed by atoms with Gasteiger partial charge < -0.3 is 10.5 Å². The monoisotopic (exact) mass is 263 g/mol. The summed E-state index contributed by atoms with van der Waals surface area (Å²) in [5.74, 6) is 0.935. The molecule has 2 N–H and O–H groups in total. The summed E-state index contributed by atoms with van der Waals surface area (Å²) < 4.78 is 28.1. The standard InChI is InChI=1S/C12H15F2NO.ClH/c13-12(14)16-10-5-3-9(4-6-10)11(15)7-8-1-2-8;/h3-6,8,11-12H,1-2,7,15H2;1H/t11-;/m0./s1. The van der Waals surface area contributed by atoms with Crippen molar-refractivity contribution in [3.8, 4) is 5.75 Å². The number of hydrogen-bond acceptors (Lipinski definition) is 2. The van der Waals surface area contributed by atoms with E-state index in [9.17, 15) is 8.78 Å². The van der Waals surface area contributed by atoms with E-state index in [1.807, 2.05) is 0 Å². The van der Waals surface area contributed by atoms with Crippen molar-refractivity contribution in [1.82, 2.24) is 0 Å². The van der Waals surface area contributed by atoms with Crippen molar-refractivity contribution < 1.29 is 13.5 Å². The second kappa shape index (κ2) is 6.17. The van der Waals surface area contributed by atoms with Crippen molar-refractivity contribution >= 4 is 12.4 Å². The maximum absolute atomic E-state index is 11.9. The zero-order valence-corrected chi connectivity index (χ0v) is 10.1. The van der Waals surface area contributed by atoms with E-state index in [1.165, 1.54) is 25.0 Å². The molecule has 1 aliphatic carbocycles. The lowest BCUT2D eigenvalue weighted by molar-refractivity contribution is -0.0498. The molecule has 1 atom stereocenters. The Kier molecular flexibility index (Phi) is 5.15. The van der Waals surface area contributed by atoms with Crippen molar-refractivity contribution in [3.05, 3.63) is 29.8 Å². The summed E-state index contributed by atoms with van der Waals surface area (Å²) in [4.78, 5) is 0. The largest absolute Gasteiger partial charge is 0.435 e. The first kappa shape index (κ1) is 14.2. The van der Waals surface area contributed by atoms with Crippen molar-refractivity contribution in [2.24, 2.45) is 11.7 Å². The predicted octanol–water partition coefficient (Wildman–Crippen LogP) is 3.51. The van der Waals surface area contributed by atoms with Crippen LogP contribution >= 0.6 is 12.4 Å². The van der Waals surface area contributed by atoms with E-state index in [1.54, 1.807) is 12.1 Å². The van der Waals surface area contributed by atoms with Crippen LogP contribution in [0.2, 0.25) is 0 Å². The van der Waals surface area contributed by atoms with Crippen LogP contribution in [0.25, 0.3) is 0 Å². The number of benzene rings is 1. The second-order valence-corrected chi connectivity index (χ2v) is 4.23. The van der Waals surface area contributed by atoms with Crippen molar-refractivity contribution in [2.45, 2.75) is 31.9 Å². The highest BCUT2D eigenvalue weighted by atomic mass is 35.5. The summed E-state index contributed by atoms with van der Waals surface area (Å²) in [7, 11) is 0. The van der Waals surface area contributed by atoms with E-state index in [-0.39, 0.29) is 24.2 Å². The van der Waals surface area contributed by atoms with Crippen LogP contribution in [0.1, 0.15) is 30.9 Å². The summed E-state index contributed by atoms with van der Waals surface area (Å²) >= 11 is 0. The van der Waals surface area contributed by atoms with Crippen LogP contribution in [0.3, 0.4) is 0 Å². The number of halogens is 3. The van der Waals surface area contributed by atoms with E-state index >= 15 is 0 Å². The lowest BCUT2D eigenvalue weighted by Gasteiger charge is -2.12. The molecule has 1 aromatic rings. The van der Waals surface area contributed by atoms with Gasteiger partial charge in [-0.2, -0.15) is 8.78 Å². The normalized spacial score (nSPS) is 16.5. The molecule has 1 saturated carbocycles. The van der Waals surface area contributed by atoms with Crippen LogP contribution in [0.15, 0.2) is 24.3 Å². The smallest absolute Gasteiger partial charge is 0.387 e. The van der Waals surface area contributed by atoms with Gasteiger partial charge in [-0.3, -0.25) is 0 Å². The SMILES string of the molecule is Cl.N[C@@H](CC1CC1)c1ccc(OC(F)F)cc1. The Labute approximate surface area is 106 Å². The van der Waals surface area contributed by atoms with Gasteiger partial charge in [-0.25, -0.2) is 0 Å². The minimum absolute atomic E-state index is 0. The Morgan fingerprint density at radius 3 is 2.29 bits per heavy atom. The first-order chi connectivity index (χ1) is 7.65. The minimum atomic E-state index is -2.77. The fraction of sp³-hybridized carbons (Fsp3) is 0.500. The van der Waals surface area contributed by atoms with Crippen molar-refractivity contribution in [1.29, 1.82) is 0 Å². The van der Waals surface area contributed by atoms with Crippen molar-refractivity contribution in [3.63, 3.8) is 0 Å². The number of hydrogen-bond donors (Lipinski definition) is 1. The molecule has 0 aromatic heterocycles. The molecule has 0 amide bonds. The Hall–Kier alpha value is -0.870. The predicted molar refractivity (Wildman–Crippen MR) is 64.6 cm³/mol. The molecule has 1 aliphatic rings. The summed E-state index contributed by atoms with van der Waals surface area (Å²) in [6.45, 7) is -2.77. The molecule has 2 nitrogen and oxygen atoms in total. The van der Waals surface area contributed by atoms with E-state index in [4.69, 9.17) is 5.73 Å². The zero-order valence-electron chi connectivity index (χ0n) is 9.31. The van der Waals surface area contributed by atoms with Crippen LogP contribution < -0.4 is 10.5 Å². The Morgan fingerprint density at radius 1 is 1.24 bits per heavy atom. The van der Waals surface area contributed by atoms with Crippen LogP contribution in [-0.4, -0.2) is 6.61 Å². The number of alkyl halides is 2. The molecule has 0 saturated heterocycles. The van der Waals surface area contributed by atoms with Gasteiger partial charge in [-0.05, 0) is 30.0 Å². The maximum atomic E-state index is 11.9. The third kappa shape index (κ3) is 4.48. The molecule has 5 heteroatoms. The molecular formula is C12H16ClF2NO. The van der Waals surface area contributed by atoms with Gasteiger partial charge in [0.1, 0.15) is 5.75 Å². The summed E-state index contributed by atoms with van der Waals surface area (Å²) in [5.41, 5.74) is 6.98. The molecule has 0 radical (unpaired) electrons. The van der Waals surface area contributed by atoms with Gasteiger partial charge in [0, 0.05) is 6.04 Å². The van der Waals surface area contributed by atoms with Gasteiger partial charge in [0.05, 0.1) is 0 Å². The molecule has 0 spiro atoms. The number of nitrogens with two attached hydrogens (primary N) is 1. The average molecular weight is 264 g/mol. The number of ether oxygens (including phenoxy) is 1. The lowest BCUT2D eigenvalue weighted by atomic mass is 10.0. The van der Waals surface area contributed by atoms with E-state index in [2.05, 4.69) is 4.74 Å². The topological polar surface area (TPSA) is 35.2 Å². The van der Waals surface area contributed by atoms with Gasteiger partial charge >= 0.3 is 6.61 Å². The summed E-state index contributed by atoms with van der Waals surface area (Å²) in [6.07, 6.45) is 3.51. The third-order valence-electron chi connectivity index (χ3n) is 2.82. The molecule has 0 aliphatic heterocycles. The molecular weight excluding hydrogens is 248 g/mol. The first-order valence-electron chi connectivity index (χ1n) is 5.45. The second-order valence-electron chi connectivity index (χ2n) is 4.23. The van der Waals surface area contributed by atoms with Crippen LogP contribution in [0.4, 0.5) is 8.78 Å². The van der Waals surface area contributed by atoms with Gasteiger partial charge in [0.25, 0.3) is 0 Å². The maximum Gasteiger partial charge on any atom is 0.387 e. The molecule has 96 valence electrons. The molecule has 0 heterocycles.